The van der Waals surface area contributed by atoms with Gasteiger partial charge in [0.05, 0.1) is 18.9 Å². The maximum absolute atomic E-state index is 12.5. The van der Waals surface area contributed by atoms with Gasteiger partial charge in [-0.2, -0.15) is 5.10 Å². The van der Waals surface area contributed by atoms with Crippen LogP contribution in [0.25, 0.3) is 0 Å². The largest absolute Gasteiger partial charge is 0.496 e. The zero-order chi connectivity index (χ0) is 21.1. The van der Waals surface area contributed by atoms with E-state index in [1.165, 1.54) is 19.0 Å². The number of nitrogens with zero attached hydrogens (tertiary/aromatic N) is 3. The van der Waals surface area contributed by atoms with Crippen molar-refractivity contribution in [2.75, 3.05) is 7.11 Å². The van der Waals surface area contributed by atoms with Crippen LogP contribution in [0.3, 0.4) is 0 Å². The van der Waals surface area contributed by atoms with Gasteiger partial charge in [-0.05, 0) is 12.5 Å². The number of carbonyl (C=O) groups is 1. The molecule has 0 bridgehead atoms. The minimum Gasteiger partial charge on any atom is -0.496 e. The first kappa shape index (κ1) is 20.4. The summed E-state index contributed by atoms with van der Waals surface area (Å²) < 4.78 is 6.52. The van der Waals surface area contributed by atoms with Crippen molar-refractivity contribution in [1.82, 2.24) is 14.6 Å². The highest BCUT2D eigenvalue weighted by Crippen LogP contribution is 2.37. The highest BCUT2D eigenvalue weighted by Gasteiger charge is 2.35. The van der Waals surface area contributed by atoms with Gasteiger partial charge in [0.15, 0.2) is 0 Å². The van der Waals surface area contributed by atoms with Gasteiger partial charge in [-0.3, -0.25) is 19.1 Å². The Morgan fingerprint density at radius 1 is 1.34 bits per heavy atom. The number of hydrogen-bond acceptors (Lipinski definition) is 6. The van der Waals surface area contributed by atoms with Crippen molar-refractivity contribution in [2.45, 2.75) is 45.7 Å². The lowest BCUT2D eigenvalue weighted by Crippen LogP contribution is -2.33. The zero-order valence-corrected chi connectivity index (χ0v) is 16.6. The van der Waals surface area contributed by atoms with Gasteiger partial charge in [0.25, 0.3) is 5.56 Å². The van der Waals surface area contributed by atoms with Crippen molar-refractivity contribution < 1.29 is 14.6 Å². The third-order valence-electron chi connectivity index (χ3n) is 4.93. The Morgan fingerprint density at radius 2 is 2.07 bits per heavy atom. The lowest BCUT2D eigenvalue weighted by atomic mass is 9.98. The summed E-state index contributed by atoms with van der Waals surface area (Å²) in [5.74, 6) is -0.160. The molecule has 0 unspecified atom stereocenters. The molecule has 1 atom stereocenters. The van der Waals surface area contributed by atoms with E-state index in [9.17, 15) is 19.5 Å². The Kier molecular flexibility index (Phi) is 5.86. The van der Waals surface area contributed by atoms with Gasteiger partial charge in [-0.1, -0.05) is 31.5 Å². The molecule has 0 radical (unpaired) electrons. The Morgan fingerprint density at radius 3 is 2.72 bits per heavy atom. The highest BCUT2D eigenvalue weighted by molar-refractivity contribution is 6.04. The standard InChI is InChI=1S/C20H24N4O5/c1-4-5-10-23-19(27)17(18(26)21-20(23)28)14-11-15(24(22-14)12(2)25)13-8-6-7-9-16(13)29-3/h6-9,15,27H,4-5,10-11H2,1-3H3,(H,21,26,28)/t15-/m1/s1. The number of amides is 1. The van der Waals surface area contributed by atoms with E-state index in [-0.39, 0.29) is 30.1 Å². The molecule has 2 heterocycles. The normalized spacial score (nSPS) is 16.0. The van der Waals surface area contributed by atoms with Crippen LogP contribution in [0.5, 0.6) is 11.6 Å². The Hall–Kier alpha value is -3.36. The number of hydrogen-bond donors (Lipinski definition) is 2. The summed E-state index contributed by atoms with van der Waals surface area (Å²) in [4.78, 5) is 39.0. The number of ether oxygens (including phenoxy) is 1. The first-order valence-electron chi connectivity index (χ1n) is 9.45. The van der Waals surface area contributed by atoms with Gasteiger partial charge >= 0.3 is 5.69 Å². The lowest BCUT2D eigenvalue weighted by molar-refractivity contribution is -0.130. The van der Waals surface area contributed by atoms with Gasteiger partial charge in [0, 0.05) is 25.5 Å². The SMILES string of the molecule is CCCCn1c(O)c(C2=NN(C(C)=O)[C@@H](c3ccccc3OC)C2)c(=O)[nH]c1=O. The van der Waals surface area contributed by atoms with E-state index >= 15 is 0 Å². The molecule has 0 saturated heterocycles. The van der Waals surface area contributed by atoms with E-state index in [0.29, 0.717) is 12.2 Å². The van der Waals surface area contributed by atoms with Crippen LogP contribution < -0.4 is 16.0 Å². The van der Waals surface area contributed by atoms with Crippen LogP contribution in [-0.2, 0) is 11.3 Å². The number of H-pyrrole nitrogens is 1. The fraction of sp³-hybridized carbons (Fsp3) is 0.400. The zero-order valence-electron chi connectivity index (χ0n) is 16.6. The molecule has 1 aliphatic rings. The number of hydrazone groups is 1. The van der Waals surface area contributed by atoms with E-state index in [2.05, 4.69) is 10.1 Å². The number of carbonyl (C=O) groups excluding carboxylic acids is 1. The summed E-state index contributed by atoms with van der Waals surface area (Å²) >= 11 is 0. The molecule has 9 nitrogen and oxygen atoms in total. The topological polar surface area (TPSA) is 117 Å². The maximum Gasteiger partial charge on any atom is 0.331 e. The number of aromatic nitrogens is 2. The minimum absolute atomic E-state index is 0.0932. The molecular formula is C20H24N4O5. The van der Waals surface area contributed by atoms with Gasteiger partial charge < -0.3 is 9.84 Å². The van der Waals surface area contributed by atoms with Crippen LogP contribution in [0.4, 0.5) is 0 Å². The maximum atomic E-state index is 12.5. The Bertz CT molecular complexity index is 1070. The second-order valence-electron chi connectivity index (χ2n) is 6.84. The summed E-state index contributed by atoms with van der Waals surface area (Å²) in [6.45, 7) is 3.60. The van der Waals surface area contributed by atoms with Gasteiger partial charge in [-0.15, -0.1) is 0 Å². The van der Waals surface area contributed by atoms with E-state index in [0.717, 1.165) is 16.6 Å². The van der Waals surface area contributed by atoms with Crippen LogP contribution in [-0.4, -0.2) is 38.4 Å². The van der Waals surface area contributed by atoms with Crippen LogP contribution >= 0.6 is 0 Å². The van der Waals surface area contributed by atoms with Crippen molar-refractivity contribution in [3.8, 4) is 11.6 Å². The fourth-order valence-corrected chi connectivity index (χ4v) is 3.48. The molecular weight excluding hydrogens is 376 g/mol. The quantitative estimate of drug-likeness (QED) is 0.766. The minimum atomic E-state index is -0.733. The number of aromatic amines is 1. The summed E-state index contributed by atoms with van der Waals surface area (Å²) in [6.07, 6.45) is 1.67. The number of aromatic hydroxyl groups is 1. The smallest absolute Gasteiger partial charge is 0.331 e. The molecule has 2 N–H and O–H groups in total. The van der Waals surface area contributed by atoms with Crippen molar-refractivity contribution in [3.05, 3.63) is 56.2 Å². The number of nitrogens with one attached hydrogen (secondary N) is 1. The number of rotatable bonds is 6. The van der Waals surface area contributed by atoms with Gasteiger partial charge in [0.2, 0.25) is 11.8 Å². The summed E-state index contributed by atoms with van der Waals surface area (Å²) in [7, 11) is 1.54. The third kappa shape index (κ3) is 3.80. The molecule has 0 spiro atoms. The van der Waals surface area contributed by atoms with Crippen molar-refractivity contribution in [2.24, 2.45) is 5.10 Å². The summed E-state index contributed by atoms with van der Waals surface area (Å²) in [5.41, 5.74) is -0.528. The molecule has 1 aromatic carbocycles. The van der Waals surface area contributed by atoms with Gasteiger partial charge in [0.1, 0.15) is 11.3 Å². The molecule has 1 aliphatic heterocycles. The molecule has 0 aliphatic carbocycles. The van der Waals surface area contributed by atoms with E-state index in [4.69, 9.17) is 4.74 Å². The average molecular weight is 400 g/mol. The summed E-state index contributed by atoms with van der Waals surface area (Å²) in [5, 5.41) is 16.2. The van der Waals surface area contributed by atoms with Crippen molar-refractivity contribution in [3.63, 3.8) is 0 Å². The Labute approximate surface area is 167 Å². The predicted octanol–water partition coefficient (Wildman–Crippen LogP) is 1.75. The molecule has 9 heteroatoms. The van der Waals surface area contributed by atoms with E-state index < -0.39 is 23.2 Å². The Balaban J connectivity index is 2.09. The predicted molar refractivity (Wildman–Crippen MR) is 107 cm³/mol. The first-order valence-corrected chi connectivity index (χ1v) is 9.45. The van der Waals surface area contributed by atoms with Crippen LogP contribution in [0.1, 0.15) is 50.3 Å². The molecule has 2 aromatic rings. The molecule has 154 valence electrons. The molecule has 3 rings (SSSR count). The molecule has 1 amide bonds. The van der Waals surface area contributed by atoms with Crippen molar-refractivity contribution in [1.29, 1.82) is 0 Å². The monoisotopic (exact) mass is 400 g/mol. The average Bonchev–Trinajstić information content (AvgIpc) is 3.12. The second kappa shape index (κ2) is 8.34. The molecule has 0 saturated carbocycles. The van der Waals surface area contributed by atoms with Gasteiger partial charge in [-0.25, -0.2) is 9.80 Å². The van der Waals surface area contributed by atoms with Crippen LogP contribution in [0.2, 0.25) is 0 Å². The molecule has 0 fully saturated rings. The lowest BCUT2D eigenvalue weighted by Gasteiger charge is -2.22. The summed E-state index contributed by atoms with van der Waals surface area (Å²) in [6, 6.07) is 6.75. The third-order valence-corrected chi connectivity index (χ3v) is 4.93. The van der Waals surface area contributed by atoms with Crippen molar-refractivity contribution >= 4 is 11.6 Å². The number of para-hydroxylation sites is 1. The number of methoxy groups -OCH3 is 1. The second-order valence-corrected chi connectivity index (χ2v) is 6.84. The van der Waals surface area contributed by atoms with Crippen LogP contribution in [0.15, 0.2) is 39.0 Å². The van der Waals surface area contributed by atoms with Crippen LogP contribution in [0, 0.1) is 0 Å². The van der Waals surface area contributed by atoms with E-state index in [1.54, 1.807) is 6.07 Å². The number of unbranched alkanes of at least 4 members (excludes halogenated alkanes) is 1. The number of benzene rings is 1. The fourth-order valence-electron chi connectivity index (χ4n) is 3.48. The first-order chi connectivity index (χ1) is 13.9. The highest BCUT2D eigenvalue weighted by atomic mass is 16.5. The molecule has 29 heavy (non-hydrogen) atoms. The van der Waals surface area contributed by atoms with E-state index in [1.807, 2.05) is 25.1 Å². The molecule has 1 aromatic heterocycles.